The van der Waals surface area contributed by atoms with Crippen molar-refractivity contribution in [2.24, 2.45) is 0 Å². The Labute approximate surface area is 107 Å². The molecular weight excluding hydrogens is 226 g/mol. The molecule has 1 aromatic heterocycles. The quantitative estimate of drug-likeness (QED) is 0.866. The Hall–Kier alpha value is -2.23. The molecule has 0 saturated carbocycles. The van der Waals surface area contributed by atoms with Crippen LogP contribution in [0, 0.1) is 6.92 Å². The average molecular weight is 243 g/mol. The number of pyridine rings is 1. The molecule has 1 aromatic carbocycles. The molecule has 0 saturated heterocycles. The maximum atomic E-state index is 5.73. The Balaban J connectivity index is 2.09. The molecule has 94 valence electrons. The van der Waals surface area contributed by atoms with Gasteiger partial charge in [0.05, 0.1) is 18.5 Å². The molecule has 0 fully saturated rings. The molecule has 4 nitrogen and oxygen atoms in total. The lowest BCUT2D eigenvalue weighted by Gasteiger charge is -2.10. The highest BCUT2D eigenvalue weighted by molar-refractivity contribution is 5.49. The van der Waals surface area contributed by atoms with Gasteiger partial charge in [0.15, 0.2) is 0 Å². The molecule has 18 heavy (non-hydrogen) atoms. The SMILES string of the molecule is COc1ccccc1CNc1ccc(N)c(C)n1. The van der Waals surface area contributed by atoms with Crippen molar-refractivity contribution in [3.8, 4) is 5.75 Å². The lowest BCUT2D eigenvalue weighted by atomic mass is 10.2. The summed E-state index contributed by atoms with van der Waals surface area (Å²) in [5, 5.41) is 3.26. The van der Waals surface area contributed by atoms with E-state index in [0.29, 0.717) is 12.2 Å². The number of benzene rings is 1. The standard InChI is InChI=1S/C14H17N3O/c1-10-12(15)7-8-14(17-10)16-9-11-5-3-4-6-13(11)18-2/h3-8H,9,15H2,1-2H3,(H,16,17). The van der Waals surface area contributed by atoms with Crippen LogP contribution in [0.1, 0.15) is 11.3 Å². The van der Waals surface area contributed by atoms with Crippen molar-refractivity contribution in [3.63, 3.8) is 0 Å². The monoisotopic (exact) mass is 243 g/mol. The van der Waals surface area contributed by atoms with Crippen molar-refractivity contribution in [1.29, 1.82) is 0 Å². The normalized spacial score (nSPS) is 10.1. The number of methoxy groups -OCH3 is 1. The van der Waals surface area contributed by atoms with Gasteiger partial charge in [0.1, 0.15) is 11.6 Å². The Kier molecular flexibility index (Phi) is 3.67. The molecule has 0 bridgehead atoms. The largest absolute Gasteiger partial charge is 0.496 e. The van der Waals surface area contributed by atoms with Crippen LogP contribution in [0.2, 0.25) is 0 Å². The van der Waals surface area contributed by atoms with Gasteiger partial charge in [-0.25, -0.2) is 4.98 Å². The van der Waals surface area contributed by atoms with E-state index >= 15 is 0 Å². The second-order valence-electron chi connectivity index (χ2n) is 4.04. The third-order valence-electron chi connectivity index (χ3n) is 2.78. The van der Waals surface area contributed by atoms with Crippen LogP contribution in [-0.2, 0) is 6.54 Å². The number of nitrogens with one attached hydrogen (secondary N) is 1. The van der Waals surface area contributed by atoms with Crippen LogP contribution in [0.15, 0.2) is 36.4 Å². The van der Waals surface area contributed by atoms with Gasteiger partial charge in [-0.15, -0.1) is 0 Å². The molecule has 0 aliphatic rings. The molecule has 0 spiro atoms. The number of aromatic nitrogens is 1. The number of anilines is 2. The number of ether oxygens (including phenoxy) is 1. The first-order valence-electron chi connectivity index (χ1n) is 5.79. The Morgan fingerprint density at radius 2 is 2.00 bits per heavy atom. The van der Waals surface area contributed by atoms with E-state index in [1.807, 2.05) is 43.3 Å². The highest BCUT2D eigenvalue weighted by Gasteiger charge is 2.02. The molecule has 0 atom stereocenters. The van der Waals surface area contributed by atoms with Crippen LogP contribution in [-0.4, -0.2) is 12.1 Å². The number of para-hydroxylation sites is 1. The predicted molar refractivity (Wildman–Crippen MR) is 73.7 cm³/mol. The summed E-state index contributed by atoms with van der Waals surface area (Å²) in [6.07, 6.45) is 0. The van der Waals surface area contributed by atoms with Gasteiger partial charge in [0.25, 0.3) is 0 Å². The molecular formula is C14H17N3O. The first-order chi connectivity index (χ1) is 8.70. The lowest BCUT2D eigenvalue weighted by Crippen LogP contribution is -2.04. The zero-order valence-corrected chi connectivity index (χ0v) is 10.6. The molecule has 0 radical (unpaired) electrons. The minimum atomic E-state index is 0.667. The van der Waals surface area contributed by atoms with Crippen LogP contribution in [0.5, 0.6) is 5.75 Å². The fourth-order valence-electron chi connectivity index (χ4n) is 1.71. The van der Waals surface area contributed by atoms with Gasteiger partial charge < -0.3 is 15.8 Å². The van der Waals surface area contributed by atoms with Crippen molar-refractivity contribution in [1.82, 2.24) is 4.98 Å². The van der Waals surface area contributed by atoms with E-state index in [4.69, 9.17) is 10.5 Å². The van der Waals surface area contributed by atoms with E-state index < -0.39 is 0 Å². The number of nitrogens with two attached hydrogens (primary N) is 1. The number of hydrogen-bond donors (Lipinski definition) is 2. The van der Waals surface area contributed by atoms with Crippen LogP contribution < -0.4 is 15.8 Å². The van der Waals surface area contributed by atoms with Crippen molar-refractivity contribution in [3.05, 3.63) is 47.7 Å². The Morgan fingerprint density at radius 3 is 2.72 bits per heavy atom. The minimum Gasteiger partial charge on any atom is -0.496 e. The third kappa shape index (κ3) is 2.71. The highest BCUT2D eigenvalue weighted by Crippen LogP contribution is 2.19. The maximum absolute atomic E-state index is 5.73. The molecule has 0 unspecified atom stereocenters. The zero-order chi connectivity index (χ0) is 13.0. The summed E-state index contributed by atoms with van der Waals surface area (Å²) in [5.74, 6) is 1.68. The van der Waals surface area contributed by atoms with Crippen LogP contribution in [0.25, 0.3) is 0 Å². The van der Waals surface area contributed by atoms with Gasteiger partial charge in [-0.05, 0) is 25.1 Å². The first kappa shape index (κ1) is 12.2. The molecule has 0 aliphatic carbocycles. The summed E-state index contributed by atoms with van der Waals surface area (Å²) in [4.78, 5) is 4.37. The Bertz CT molecular complexity index is 540. The number of rotatable bonds is 4. The van der Waals surface area contributed by atoms with Gasteiger partial charge in [-0.1, -0.05) is 18.2 Å². The van der Waals surface area contributed by atoms with E-state index in [-0.39, 0.29) is 0 Å². The number of aryl methyl sites for hydroxylation is 1. The number of hydrogen-bond acceptors (Lipinski definition) is 4. The van der Waals surface area contributed by atoms with Gasteiger partial charge >= 0.3 is 0 Å². The topological polar surface area (TPSA) is 60.2 Å². The van der Waals surface area contributed by atoms with E-state index in [1.54, 1.807) is 7.11 Å². The van der Waals surface area contributed by atoms with Crippen LogP contribution in [0.4, 0.5) is 11.5 Å². The average Bonchev–Trinajstić information content (AvgIpc) is 2.40. The van der Waals surface area contributed by atoms with E-state index in [2.05, 4.69) is 10.3 Å². The summed E-state index contributed by atoms with van der Waals surface area (Å²) in [6, 6.07) is 11.6. The van der Waals surface area contributed by atoms with Crippen LogP contribution in [0.3, 0.4) is 0 Å². The molecule has 3 N–H and O–H groups in total. The molecule has 1 heterocycles. The van der Waals surface area contributed by atoms with E-state index in [0.717, 1.165) is 22.8 Å². The molecule has 0 amide bonds. The molecule has 2 rings (SSSR count). The van der Waals surface area contributed by atoms with Crippen molar-refractivity contribution < 1.29 is 4.74 Å². The molecule has 4 heteroatoms. The summed E-state index contributed by atoms with van der Waals surface area (Å²) in [7, 11) is 1.67. The lowest BCUT2D eigenvalue weighted by molar-refractivity contribution is 0.410. The van der Waals surface area contributed by atoms with Crippen molar-refractivity contribution in [2.45, 2.75) is 13.5 Å². The summed E-state index contributed by atoms with van der Waals surface area (Å²) >= 11 is 0. The van der Waals surface area contributed by atoms with E-state index in [9.17, 15) is 0 Å². The fourth-order valence-corrected chi connectivity index (χ4v) is 1.71. The predicted octanol–water partition coefficient (Wildman–Crippen LogP) is 2.59. The second kappa shape index (κ2) is 5.40. The van der Waals surface area contributed by atoms with Crippen molar-refractivity contribution >= 4 is 11.5 Å². The van der Waals surface area contributed by atoms with Crippen LogP contribution >= 0.6 is 0 Å². The smallest absolute Gasteiger partial charge is 0.126 e. The van der Waals surface area contributed by atoms with Crippen molar-refractivity contribution in [2.75, 3.05) is 18.2 Å². The van der Waals surface area contributed by atoms with Gasteiger partial charge in [-0.3, -0.25) is 0 Å². The first-order valence-corrected chi connectivity index (χ1v) is 5.79. The summed E-state index contributed by atoms with van der Waals surface area (Å²) in [5.41, 5.74) is 8.36. The molecule has 2 aromatic rings. The maximum Gasteiger partial charge on any atom is 0.126 e. The fraction of sp³-hybridized carbons (Fsp3) is 0.214. The van der Waals surface area contributed by atoms with Gasteiger partial charge in [0, 0.05) is 12.1 Å². The van der Waals surface area contributed by atoms with E-state index in [1.165, 1.54) is 0 Å². The Morgan fingerprint density at radius 1 is 1.22 bits per heavy atom. The second-order valence-corrected chi connectivity index (χ2v) is 4.04. The highest BCUT2D eigenvalue weighted by atomic mass is 16.5. The zero-order valence-electron chi connectivity index (χ0n) is 10.6. The summed E-state index contributed by atoms with van der Waals surface area (Å²) in [6.45, 7) is 2.56. The summed E-state index contributed by atoms with van der Waals surface area (Å²) < 4.78 is 5.30. The van der Waals surface area contributed by atoms with Gasteiger partial charge in [0.2, 0.25) is 0 Å². The number of nitrogen functional groups attached to an aromatic ring is 1. The minimum absolute atomic E-state index is 0.667. The van der Waals surface area contributed by atoms with Gasteiger partial charge in [-0.2, -0.15) is 0 Å². The molecule has 0 aliphatic heterocycles. The number of nitrogens with zero attached hydrogens (tertiary/aromatic N) is 1. The third-order valence-corrected chi connectivity index (χ3v) is 2.78.